The summed E-state index contributed by atoms with van der Waals surface area (Å²) in [6.07, 6.45) is 0.860. The van der Waals surface area contributed by atoms with Gasteiger partial charge in [0, 0.05) is 12.0 Å². The highest BCUT2D eigenvalue weighted by Crippen LogP contribution is 2.24. The molecule has 1 N–H and O–H groups in total. The second-order valence-electron chi connectivity index (χ2n) is 4.95. The highest BCUT2D eigenvalue weighted by atomic mass is 35.5. The molecule has 1 aromatic carbocycles. The Morgan fingerprint density at radius 3 is 2.48 bits per heavy atom. The average molecular weight is 307 g/mol. The first kappa shape index (κ1) is 15.4. The Labute approximate surface area is 128 Å². The van der Waals surface area contributed by atoms with Gasteiger partial charge in [-0.1, -0.05) is 30.7 Å². The zero-order chi connectivity index (χ0) is 15.4. The minimum Gasteiger partial charge on any atom is -0.363 e. The molecule has 0 fully saturated rings. The Bertz CT molecular complexity index is 631. The number of hydrogen-bond acceptors (Lipinski definition) is 3. The summed E-state index contributed by atoms with van der Waals surface area (Å²) >= 11 is 5.98. The third kappa shape index (κ3) is 4.02. The van der Waals surface area contributed by atoms with Crippen molar-refractivity contribution in [1.82, 2.24) is 4.98 Å². The number of pyridine rings is 1. The van der Waals surface area contributed by atoms with Crippen LogP contribution < -0.4 is 5.32 Å². The molecule has 1 aromatic heterocycles. The lowest BCUT2D eigenvalue weighted by molar-refractivity contribution is -0.108. The Balaban J connectivity index is 2.20. The van der Waals surface area contributed by atoms with Crippen LogP contribution in [0.5, 0.6) is 0 Å². The van der Waals surface area contributed by atoms with Crippen molar-refractivity contribution < 1.29 is 9.18 Å². The summed E-state index contributed by atoms with van der Waals surface area (Å²) in [6, 6.07) is 9.67. The van der Waals surface area contributed by atoms with Crippen LogP contribution in [-0.2, 0) is 4.79 Å². The van der Waals surface area contributed by atoms with Gasteiger partial charge in [0.1, 0.15) is 23.1 Å². The topological polar surface area (TPSA) is 42.0 Å². The van der Waals surface area contributed by atoms with E-state index in [1.807, 2.05) is 6.92 Å². The summed E-state index contributed by atoms with van der Waals surface area (Å²) in [5, 5.41) is 3.53. The predicted molar refractivity (Wildman–Crippen MR) is 82.2 cm³/mol. The maximum Gasteiger partial charge on any atom is 0.131 e. The lowest BCUT2D eigenvalue weighted by Gasteiger charge is -2.16. The number of rotatable bonds is 5. The summed E-state index contributed by atoms with van der Waals surface area (Å²) in [5.41, 5.74) is 1.74. The van der Waals surface area contributed by atoms with E-state index in [9.17, 15) is 9.18 Å². The number of aldehydes is 1. The van der Waals surface area contributed by atoms with Crippen LogP contribution in [0.25, 0.3) is 0 Å². The molecule has 110 valence electrons. The molecular formula is C16H16ClFN2O. The summed E-state index contributed by atoms with van der Waals surface area (Å²) < 4.78 is 12.9. The zero-order valence-corrected chi connectivity index (χ0v) is 12.6. The maximum atomic E-state index is 12.9. The van der Waals surface area contributed by atoms with Crippen molar-refractivity contribution in [1.29, 1.82) is 0 Å². The smallest absolute Gasteiger partial charge is 0.131 e. The fourth-order valence-electron chi connectivity index (χ4n) is 1.99. The Morgan fingerprint density at radius 2 is 1.86 bits per heavy atom. The molecule has 2 unspecified atom stereocenters. The molecule has 0 bridgehead atoms. The van der Waals surface area contributed by atoms with Crippen LogP contribution in [0.4, 0.5) is 10.2 Å². The van der Waals surface area contributed by atoms with Crippen molar-refractivity contribution in [2.24, 2.45) is 0 Å². The molecule has 0 saturated carbocycles. The number of carbonyl (C=O) groups excluding carboxylic acids is 1. The zero-order valence-electron chi connectivity index (χ0n) is 11.8. The SMILES string of the molecule is CC(C=O)c1cc(Cl)nc(NC(C)c2ccc(F)cc2)c1. The predicted octanol–water partition coefficient (Wildman–Crippen LogP) is 4.35. The van der Waals surface area contributed by atoms with Crippen LogP contribution in [0.3, 0.4) is 0 Å². The van der Waals surface area contributed by atoms with E-state index in [-0.39, 0.29) is 17.8 Å². The van der Waals surface area contributed by atoms with Crippen LogP contribution in [0.2, 0.25) is 5.15 Å². The number of benzene rings is 1. The Morgan fingerprint density at radius 1 is 1.19 bits per heavy atom. The largest absolute Gasteiger partial charge is 0.363 e. The quantitative estimate of drug-likeness (QED) is 0.659. The van der Waals surface area contributed by atoms with Crippen molar-refractivity contribution in [2.45, 2.75) is 25.8 Å². The molecule has 2 atom stereocenters. The van der Waals surface area contributed by atoms with Gasteiger partial charge in [0.25, 0.3) is 0 Å². The summed E-state index contributed by atoms with van der Waals surface area (Å²) in [4.78, 5) is 15.1. The first-order valence-electron chi connectivity index (χ1n) is 6.64. The van der Waals surface area contributed by atoms with Crippen molar-refractivity contribution in [2.75, 3.05) is 5.32 Å². The number of aromatic nitrogens is 1. The van der Waals surface area contributed by atoms with Crippen LogP contribution in [0.15, 0.2) is 36.4 Å². The van der Waals surface area contributed by atoms with Gasteiger partial charge in [-0.25, -0.2) is 9.37 Å². The van der Waals surface area contributed by atoms with E-state index in [1.54, 1.807) is 31.2 Å². The van der Waals surface area contributed by atoms with E-state index < -0.39 is 0 Å². The minimum atomic E-state index is -0.270. The lowest BCUT2D eigenvalue weighted by atomic mass is 10.0. The molecule has 0 amide bonds. The second kappa shape index (κ2) is 6.68. The molecule has 3 nitrogen and oxygen atoms in total. The highest BCUT2D eigenvalue weighted by molar-refractivity contribution is 6.29. The standard InChI is InChI=1S/C16H16ClFN2O/c1-10(9-21)13-7-15(17)20-16(8-13)19-11(2)12-3-5-14(18)6-4-12/h3-11H,1-2H3,(H,19,20). The van der Waals surface area contributed by atoms with E-state index in [4.69, 9.17) is 11.6 Å². The van der Waals surface area contributed by atoms with Crippen LogP contribution >= 0.6 is 11.6 Å². The summed E-state index contributed by atoms with van der Waals surface area (Å²) in [5.74, 6) is 0.0733. The fraction of sp³-hybridized carbons (Fsp3) is 0.250. The molecule has 0 aliphatic heterocycles. The molecule has 2 rings (SSSR count). The number of nitrogens with zero attached hydrogens (tertiary/aromatic N) is 1. The molecule has 0 radical (unpaired) electrons. The molecule has 0 spiro atoms. The first-order chi connectivity index (χ1) is 9.99. The minimum absolute atomic E-state index is 0.0593. The van der Waals surface area contributed by atoms with Gasteiger partial charge in [0.05, 0.1) is 0 Å². The molecule has 0 aliphatic rings. The van der Waals surface area contributed by atoms with Crippen LogP contribution in [-0.4, -0.2) is 11.3 Å². The summed E-state index contributed by atoms with van der Waals surface area (Å²) in [7, 11) is 0. The number of nitrogens with one attached hydrogen (secondary N) is 1. The Kier molecular flexibility index (Phi) is 4.91. The normalized spacial score (nSPS) is 13.5. The van der Waals surface area contributed by atoms with Gasteiger partial charge in [0.2, 0.25) is 0 Å². The lowest BCUT2D eigenvalue weighted by Crippen LogP contribution is -2.09. The van der Waals surface area contributed by atoms with Crippen molar-refractivity contribution >= 4 is 23.7 Å². The second-order valence-corrected chi connectivity index (χ2v) is 5.34. The molecule has 21 heavy (non-hydrogen) atoms. The number of halogens is 2. The molecule has 1 heterocycles. The fourth-order valence-corrected chi connectivity index (χ4v) is 2.21. The molecule has 0 saturated heterocycles. The summed E-state index contributed by atoms with van der Waals surface area (Å²) in [6.45, 7) is 3.74. The number of carbonyl (C=O) groups is 1. The first-order valence-corrected chi connectivity index (χ1v) is 7.02. The van der Waals surface area contributed by atoms with E-state index in [0.29, 0.717) is 11.0 Å². The van der Waals surface area contributed by atoms with Crippen LogP contribution in [0.1, 0.15) is 36.9 Å². The van der Waals surface area contributed by atoms with Crippen molar-refractivity contribution in [3.63, 3.8) is 0 Å². The van der Waals surface area contributed by atoms with Gasteiger partial charge in [0.15, 0.2) is 0 Å². The van der Waals surface area contributed by atoms with Gasteiger partial charge in [-0.2, -0.15) is 0 Å². The van der Waals surface area contributed by atoms with E-state index in [1.165, 1.54) is 12.1 Å². The molecule has 0 aliphatic carbocycles. The molecule has 5 heteroatoms. The van der Waals surface area contributed by atoms with E-state index in [0.717, 1.165) is 17.4 Å². The average Bonchev–Trinajstić information content (AvgIpc) is 2.46. The van der Waals surface area contributed by atoms with Crippen molar-refractivity contribution in [3.05, 3.63) is 58.5 Å². The van der Waals surface area contributed by atoms with E-state index in [2.05, 4.69) is 10.3 Å². The van der Waals surface area contributed by atoms with Crippen molar-refractivity contribution in [3.8, 4) is 0 Å². The van der Waals surface area contributed by atoms with E-state index >= 15 is 0 Å². The third-order valence-electron chi connectivity index (χ3n) is 3.28. The number of hydrogen-bond donors (Lipinski definition) is 1. The van der Waals surface area contributed by atoms with Gasteiger partial charge in [-0.15, -0.1) is 0 Å². The van der Waals surface area contributed by atoms with Gasteiger partial charge >= 0.3 is 0 Å². The highest BCUT2D eigenvalue weighted by Gasteiger charge is 2.11. The Hall–Kier alpha value is -1.94. The van der Waals surface area contributed by atoms with Gasteiger partial charge < -0.3 is 10.1 Å². The monoisotopic (exact) mass is 306 g/mol. The van der Waals surface area contributed by atoms with Gasteiger partial charge in [-0.3, -0.25) is 0 Å². The molecular weight excluding hydrogens is 291 g/mol. The maximum absolute atomic E-state index is 12.9. The number of anilines is 1. The van der Waals surface area contributed by atoms with Crippen LogP contribution in [0, 0.1) is 5.82 Å². The molecule has 2 aromatic rings. The third-order valence-corrected chi connectivity index (χ3v) is 3.47. The van der Waals surface area contributed by atoms with Gasteiger partial charge in [-0.05, 0) is 42.3 Å².